The van der Waals surface area contributed by atoms with Crippen LogP contribution in [0, 0.1) is 34.6 Å². The molecule has 3 heterocycles. The fourth-order valence-corrected chi connectivity index (χ4v) is 4.80. The molecule has 6 nitrogen and oxygen atoms in total. The van der Waals surface area contributed by atoms with Gasteiger partial charge in [-0.25, -0.2) is 9.67 Å². The molecule has 3 aromatic rings. The van der Waals surface area contributed by atoms with Gasteiger partial charge in [-0.15, -0.1) is 0 Å². The Morgan fingerprint density at radius 2 is 1.78 bits per heavy atom. The van der Waals surface area contributed by atoms with Crippen molar-refractivity contribution in [2.75, 3.05) is 26.2 Å². The van der Waals surface area contributed by atoms with Gasteiger partial charge in [0.2, 0.25) is 5.91 Å². The highest BCUT2D eigenvalue weighted by Crippen LogP contribution is 2.28. The molecule has 0 radical (unpaired) electrons. The van der Waals surface area contributed by atoms with E-state index < -0.39 is 0 Å². The molecule has 0 spiro atoms. The number of hydrogen-bond donors (Lipinski definition) is 1. The van der Waals surface area contributed by atoms with Crippen molar-refractivity contribution in [3.63, 3.8) is 0 Å². The molecule has 0 aliphatic carbocycles. The largest absolute Gasteiger partial charge is 0.355 e. The molecule has 32 heavy (non-hydrogen) atoms. The van der Waals surface area contributed by atoms with Gasteiger partial charge in [-0.3, -0.25) is 4.79 Å². The first-order valence-electron chi connectivity index (χ1n) is 11.8. The topological polar surface area (TPSA) is 63.1 Å². The molecular formula is C26H35N5O. The van der Waals surface area contributed by atoms with E-state index in [0.29, 0.717) is 12.8 Å². The second kappa shape index (κ2) is 9.41. The molecule has 1 aliphatic heterocycles. The standard InChI is InChI=1S/C26H35N5O/c1-17-8-9-22(16-18(17)2)31-26-25(21(5)29-31)19(3)23(20(4)28-26)10-11-24(32)27-12-15-30-13-6-7-14-30/h8-9,16H,6-7,10-15H2,1-5H3,(H,27,32). The highest BCUT2D eigenvalue weighted by Gasteiger charge is 2.18. The number of nitrogens with one attached hydrogen (secondary N) is 1. The van der Waals surface area contributed by atoms with E-state index in [2.05, 4.69) is 49.2 Å². The third kappa shape index (κ3) is 4.56. The first-order chi connectivity index (χ1) is 15.3. The number of likely N-dealkylation sites (tertiary alicyclic amines) is 1. The van der Waals surface area contributed by atoms with Gasteiger partial charge in [-0.2, -0.15) is 5.10 Å². The normalized spacial score (nSPS) is 14.4. The Morgan fingerprint density at radius 1 is 1.03 bits per heavy atom. The Labute approximate surface area is 191 Å². The summed E-state index contributed by atoms with van der Waals surface area (Å²) in [5, 5.41) is 9.00. The van der Waals surface area contributed by atoms with Crippen molar-refractivity contribution < 1.29 is 4.79 Å². The molecule has 2 aromatic heterocycles. The fourth-order valence-electron chi connectivity index (χ4n) is 4.80. The average molecular weight is 434 g/mol. The van der Waals surface area contributed by atoms with Gasteiger partial charge in [-0.1, -0.05) is 6.07 Å². The minimum atomic E-state index is 0.116. The summed E-state index contributed by atoms with van der Waals surface area (Å²) >= 11 is 0. The van der Waals surface area contributed by atoms with Gasteiger partial charge < -0.3 is 10.2 Å². The zero-order valence-electron chi connectivity index (χ0n) is 20.1. The Kier molecular flexibility index (Phi) is 6.60. The molecule has 6 heteroatoms. The predicted octanol–water partition coefficient (Wildman–Crippen LogP) is 4.11. The maximum absolute atomic E-state index is 12.4. The Hall–Kier alpha value is -2.73. The van der Waals surface area contributed by atoms with Crippen LogP contribution in [-0.4, -0.2) is 51.8 Å². The summed E-state index contributed by atoms with van der Waals surface area (Å²) in [5.41, 5.74) is 8.72. The molecule has 1 amide bonds. The van der Waals surface area contributed by atoms with Gasteiger partial charge in [0.1, 0.15) is 0 Å². The molecule has 0 unspecified atom stereocenters. The zero-order valence-corrected chi connectivity index (χ0v) is 20.1. The molecule has 170 valence electrons. The second-order valence-corrected chi connectivity index (χ2v) is 9.16. The predicted molar refractivity (Wildman–Crippen MR) is 130 cm³/mol. The van der Waals surface area contributed by atoms with E-state index in [0.717, 1.165) is 59.9 Å². The number of pyridine rings is 1. The number of hydrogen-bond acceptors (Lipinski definition) is 4. The molecule has 1 N–H and O–H groups in total. The minimum Gasteiger partial charge on any atom is -0.355 e. The van der Waals surface area contributed by atoms with Crippen LogP contribution in [0.2, 0.25) is 0 Å². The van der Waals surface area contributed by atoms with Gasteiger partial charge in [0.25, 0.3) is 0 Å². The fraction of sp³-hybridized carbons (Fsp3) is 0.500. The first kappa shape index (κ1) is 22.5. The van der Waals surface area contributed by atoms with Crippen LogP contribution >= 0.6 is 0 Å². The van der Waals surface area contributed by atoms with Crippen molar-refractivity contribution in [3.05, 3.63) is 51.8 Å². The molecule has 1 aliphatic rings. The van der Waals surface area contributed by atoms with Crippen LogP contribution in [0.3, 0.4) is 0 Å². The minimum absolute atomic E-state index is 0.116. The number of rotatable bonds is 7. The number of aromatic nitrogens is 3. The number of fused-ring (bicyclic) bond motifs is 1. The number of aryl methyl sites for hydroxylation is 5. The monoisotopic (exact) mass is 433 g/mol. The van der Waals surface area contributed by atoms with Crippen LogP contribution in [0.1, 0.15) is 52.9 Å². The second-order valence-electron chi connectivity index (χ2n) is 9.16. The van der Waals surface area contributed by atoms with E-state index in [4.69, 9.17) is 10.1 Å². The summed E-state index contributed by atoms with van der Waals surface area (Å²) in [6.07, 6.45) is 3.74. The summed E-state index contributed by atoms with van der Waals surface area (Å²) in [6, 6.07) is 6.39. The molecular weight excluding hydrogens is 398 g/mol. The highest BCUT2D eigenvalue weighted by atomic mass is 16.1. The van der Waals surface area contributed by atoms with Crippen LogP contribution in [-0.2, 0) is 11.2 Å². The average Bonchev–Trinajstić information content (AvgIpc) is 3.38. The molecule has 0 atom stereocenters. The quantitative estimate of drug-likeness (QED) is 0.609. The van der Waals surface area contributed by atoms with Crippen molar-refractivity contribution in [2.45, 2.75) is 60.3 Å². The van der Waals surface area contributed by atoms with Crippen LogP contribution in [0.5, 0.6) is 0 Å². The Morgan fingerprint density at radius 3 is 2.50 bits per heavy atom. The van der Waals surface area contributed by atoms with Crippen molar-refractivity contribution in [2.24, 2.45) is 0 Å². The Bertz CT molecular complexity index is 1140. The van der Waals surface area contributed by atoms with Crippen LogP contribution in [0.4, 0.5) is 0 Å². The van der Waals surface area contributed by atoms with E-state index >= 15 is 0 Å². The third-order valence-electron chi connectivity index (χ3n) is 6.86. The van der Waals surface area contributed by atoms with Crippen LogP contribution in [0.25, 0.3) is 16.7 Å². The van der Waals surface area contributed by atoms with Crippen LogP contribution in [0.15, 0.2) is 18.2 Å². The number of carbonyl (C=O) groups excluding carboxylic acids is 1. The van der Waals surface area contributed by atoms with E-state index in [9.17, 15) is 4.79 Å². The van der Waals surface area contributed by atoms with Gasteiger partial charge in [0, 0.05) is 30.6 Å². The zero-order chi connectivity index (χ0) is 22.8. The number of carbonyl (C=O) groups is 1. The summed E-state index contributed by atoms with van der Waals surface area (Å²) in [7, 11) is 0. The van der Waals surface area contributed by atoms with Crippen molar-refractivity contribution >= 4 is 16.9 Å². The van der Waals surface area contributed by atoms with Crippen LogP contribution < -0.4 is 5.32 Å². The van der Waals surface area contributed by atoms with Crippen molar-refractivity contribution in [1.29, 1.82) is 0 Å². The number of amides is 1. The maximum Gasteiger partial charge on any atom is 0.220 e. The lowest BCUT2D eigenvalue weighted by atomic mass is 9.99. The molecule has 0 bridgehead atoms. The molecule has 0 saturated carbocycles. The van der Waals surface area contributed by atoms with Gasteiger partial charge >= 0.3 is 0 Å². The van der Waals surface area contributed by atoms with E-state index in [1.165, 1.54) is 29.5 Å². The smallest absolute Gasteiger partial charge is 0.220 e. The Balaban J connectivity index is 1.51. The lowest BCUT2D eigenvalue weighted by Crippen LogP contribution is -2.33. The van der Waals surface area contributed by atoms with Crippen molar-refractivity contribution in [1.82, 2.24) is 25.0 Å². The van der Waals surface area contributed by atoms with Gasteiger partial charge in [0.05, 0.1) is 11.4 Å². The first-order valence-corrected chi connectivity index (χ1v) is 11.8. The van der Waals surface area contributed by atoms with Gasteiger partial charge in [0.15, 0.2) is 5.65 Å². The van der Waals surface area contributed by atoms with E-state index in [1.54, 1.807) is 0 Å². The lowest BCUT2D eigenvalue weighted by Gasteiger charge is -2.15. The number of benzene rings is 1. The van der Waals surface area contributed by atoms with Gasteiger partial charge in [-0.05, 0) is 101 Å². The SMILES string of the molecule is Cc1ccc(-n2nc(C)c3c(C)c(CCC(=O)NCCN4CCCC4)c(C)nc32)cc1C. The summed E-state index contributed by atoms with van der Waals surface area (Å²) < 4.78 is 1.95. The van der Waals surface area contributed by atoms with E-state index in [-0.39, 0.29) is 5.91 Å². The lowest BCUT2D eigenvalue weighted by molar-refractivity contribution is -0.121. The molecule has 4 rings (SSSR count). The molecule has 1 fully saturated rings. The highest BCUT2D eigenvalue weighted by molar-refractivity contribution is 5.85. The summed E-state index contributed by atoms with van der Waals surface area (Å²) in [6.45, 7) is 14.5. The molecule has 1 saturated heterocycles. The van der Waals surface area contributed by atoms with Crippen molar-refractivity contribution in [3.8, 4) is 5.69 Å². The third-order valence-corrected chi connectivity index (χ3v) is 6.86. The number of nitrogens with zero attached hydrogens (tertiary/aromatic N) is 4. The van der Waals surface area contributed by atoms with E-state index in [1.807, 2.05) is 18.5 Å². The summed E-state index contributed by atoms with van der Waals surface area (Å²) in [4.78, 5) is 19.8. The maximum atomic E-state index is 12.4. The molecule has 1 aromatic carbocycles. The summed E-state index contributed by atoms with van der Waals surface area (Å²) in [5.74, 6) is 0.116.